The number of rotatable bonds is 8. The summed E-state index contributed by atoms with van der Waals surface area (Å²) in [6.07, 6.45) is 3.11. The average Bonchev–Trinajstić information content (AvgIpc) is 2.38. The highest BCUT2D eigenvalue weighted by atomic mass is 15.2. The van der Waals surface area contributed by atoms with Crippen LogP contribution >= 0.6 is 0 Å². The molecule has 0 atom stereocenters. The first-order valence-corrected chi connectivity index (χ1v) is 7.82. The zero-order valence-electron chi connectivity index (χ0n) is 14.0. The normalized spacial score (nSPS) is 10.9. The third-order valence-electron chi connectivity index (χ3n) is 3.18. The molecular formula is C16H30N4. The molecular weight excluding hydrogens is 248 g/mol. The summed E-state index contributed by atoms with van der Waals surface area (Å²) in [5.74, 6) is 3.63. The van der Waals surface area contributed by atoms with Crippen LogP contribution in [-0.4, -0.2) is 30.1 Å². The number of hydrogen-bond donors (Lipinski definition) is 1. The van der Waals surface area contributed by atoms with E-state index in [9.17, 15) is 0 Å². The van der Waals surface area contributed by atoms with E-state index in [4.69, 9.17) is 4.98 Å². The smallest absolute Gasteiger partial charge is 0.137 e. The minimum atomic E-state index is 0.621. The molecule has 0 amide bonds. The standard InChI is InChI=1S/C16H30N4/c1-7-9-14-18-15(17-10-8-2)13(5)16(19-14)20(6)11-12(3)4/h12H,7-11H2,1-6H3,(H,17,18,19). The van der Waals surface area contributed by atoms with Gasteiger partial charge in [0.05, 0.1) is 0 Å². The van der Waals surface area contributed by atoms with E-state index >= 15 is 0 Å². The molecule has 0 saturated carbocycles. The van der Waals surface area contributed by atoms with Crippen LogP contribution in [0.3, 0.4) is 0 Å². The van der Waals surface area contributed by atoms with E-state index in [1.165, 1.54) is 0 Å². The summed E-state index contributed by atoms with van der Waals surface area (Å²) in [5.41, 5.74) is 1.15. The lowest BCUT2D eigenvalue weighted by atomic mass is 10.2. The van der Waals surface area contributed by atoms with Crippen molar-refractivity contribution in [2.24, 2.45) is 5.92 Å². The molecule has 0 radical (unpaired) electrons. The van der Waals surface area contributed by atoms with Gasteiger partial charge in [0.25, 0.3) is 0 Å². The molecule has 1 aromatic rings. The van der Waals surface area contributed by atoms with E-state index in [1.807, 2.05) is 0 Å². The molecule has 1 rings (SSSR count). The Morgan fingerprint density at radius 3 is 2.40 bits per heavy atom. The minimum Gasteiger partial charge on any atom is -0.370 e. The maximum absolute atomic E-state index is 4.76. The van der Waals surface area contributed by atoms with Gasteiger partial charge < -0.3 is 10.2 Å². The highest BCUT2D eigenvalue weighted by Crippen LogP contribution is 2.24. The van der Waals surface area contributed by atoms with E-state index in [0.717, 1.165) is 55.4 Å². The second kappa shape index (κ2) is 8.08. The Morgan fingerprint density at radius 1 is 1.15 bits per heavy atom. The summed E-state index contributed by atoms with van der Waals surface area (Å²) >= 11 is 0. The van der Waals surface area contributed by atoms with Gasteiger partial charge in [-0.2, -0.15) is 0 Å². The average molecular weight is 278 g/mol. The molecule has 4 heteroatoms. The maximum Gasteiger partial charge on any atom is 0.137 e. The fourth-order valence-corrected chi connectivity index (χ4v) is 2.31. The van der Waals surface area contributed by atoms with Crippen molar-refractivity contribution in [1.82, 2.24) is 9.97 Å². The fraction of sp³-hybridized carbons (Fsp3) is 0.750. The quantitative estimate of drug-likeness (QED) is 0.788. The van der Waals surface area contributed by atoms with Crippen LogP contribution in [-0.2, 0) is 6.42 Å². The van der Waals surface area contributed by atoms with E-state index < -0.39 is 0 Å². The van der Waals surface area contributed by atoms with Gasteiger partial charge >= 0.3 is 0 Å². The summed E-state index contributed by atoms with van der Waals surface area (Å²) < 4.78 is 0. The van der Waals surface area contributed by atoms with Gasteiger partial charge in [-0.15, -0.1) is 0 Å². The van der Waals surface area contributed by atoms with Crippen molar-refractivity contribution in [3.63, 3.8) is 0 Å². The largest absolute Gasteiger partial charge is 0.370 e. The van der Waals surface area contributed by atoms with Crippen molar-refractivity contribution in [2.45, 2.75) is 53.9 Å². The molecule has 0 bridgehead atoms. The lowest BCUT2D eigenvalue weighted by molar-refractivity contribution is 0.631. The van der Waals surface area contributed by atoms with Crippen LogP contribution in [0, 0.1) is 12.8 Å². The summed E-state index contributed by atoms with van der Waals surface area (Å²) in [7, 11) is 2.12. The Bertz CT molecular complexity index is 415. The van der Waals surface area contributed by atoms with Crippen molar-refractivity contribution in [1.29, 1.82) is 0 Å². The lowest BCUT2D eigenvalue weighted by Crippen LogP contribution is -2.25. The molecule has 0 aromatic carbocycles. The summed E-state index contributed by atoms with van der Waals surface area (Å²) in [4.78, 5) is 11.7. The van der Waals surface area contributed by atoms with Crippen LogP contribution in [0.4, 0.5) is 11.6 Å². The molecule has 0 spiro atoms. The van der Waals surface area contributed by atoms with Gasteiger partial charge in [-0.1, -0.05) is 27.7 Å². The SMILES string of the molecule is CCCNc1nc(CCC)nc(N(C)CC(C)C)c1C. The fourth-order valence-electron chi connectivity index (χ4n) is 2.31. The Balaban J connectivity index is 3.09. The Labute approximate surface area is 124 Å². The van der Waals surface area contributed by atoms with Gasteiger partial charge in [0, 0.05) is 32.1 Å². The Kier molecular flexibility index (Phi) is 6.76. The topological polar surface area (TPSA) is 41.1 Å². The molecule has 1 N–H and O–H groups in total. The molecule has 0 unspecified atom stereocenters. The first-order chi connectivity index (χ1) is 9.49. The predicted octanol–water partition coefficient (Wildman–Crippen LogP) is 3.65. The Morgan fingerprint density at radius 2 is 1.85 bits per heavy atom. The van der Waals surface area contributed by atoms with Crippen LogP contribution in [0.2, 0.25) is 0 Å². The predicted molar refractivity (Wildman–Crippen MR) is 87.7 cm³/mol. The van der Waals surface area contributed by atoms with Gasteiger partial charge in [-0.3, -0.25) is 0 Å². The van der Waals surface area contributed by atoms with Crippen LogP contribution < -0.4 is 10.2 Å². The first-order valence-electron chi connectivity index (χ1n) is 7.82. The van der Waals surface area contributed by atoms with E-state index in [1.54, 1.807) is 0 Å². The van der Waals surface area contributed by atoms with Gasteiger partial charge in [0.1, 0.15) is 17.5 Å². The second-order valence-corrected chi connectivity index (χ2v) is 5.89. The van der Waals surface area contributed by atoms with Crippen molar-refractivity contribution in [3.8, 4) is 0 Å². The van der Waals surface area contributed by atoms with Gasteiger partial charge in [-0.05, 0) is 25.7 Å². The molecule has 4 nitrogen and oxygen atoms in total. The monoisotopic (exact) mass is 278 g/mol. The van der Waals surface area contributed by atoms with E-state index in [-0.39, 0.29) is 0 Å². The number of nitrogens with one attached hydrogen (secondary N) is 1. The van der Waals surface area contributed by atoms with Crippen LogP contribution in [0.15, 0.2) is 0 Å². The highest BCUT2D eigenvalue weighted by molar-refractivity contribution is 5.58. The molecule has 114 valence electrons. The van der Waals surface area contributed by atoms with Crippen LogP contribution in [0.5, 0.6) is 0 Å². The molecule has 20 heavy (non-hydrogen) atoms. The second-order valence-electron chi connectivity index (χ2n) is 5.89. The Hall–Kier alpha value is -1.32. The third kappa shape index (κ3) is 4.66. The lowest BCUT2D eigenvalue weighted by Gasteiger charge is -2.24. The maximum atomic E-state index is 4.76. The number of nitrogens with zero attached hydrogens (tertiary/aromatic N) is 3. The summed E-state index contributed by atoms with van der Waals surface area (Å²) in [6.45, 7) is 12.9. The van der Waals surface area contributed by atoms with E-state index in [2.05, 4.69) is 56.9 Å². The molecule has 1 aromatic heterocycles. The first kappa shape index (κ1) is 16.7. The molecule has 0 fully saturated rings. The number of hydrogen-bond acceptors (Lipinski definition) is 4. The molecule has 0 aliphatic carbocycles. The summed E-state index contributed by atoms with van der Waals surface area (Å²) in [6, 6.07) is 0. The molecule has 0 saturated heterocycles. The zero-order valence-corrected chi connectivity index (χ0v) is 14.0. The van der Waals surface area contributed by atoms with Crippen LogP contribution in [0.1, 0.15) is 51.9 Å². The van der Waals surface area contributed by atoms with Crippen molar-refractivity contribution < 1.29 is 0 Å². The van der Waals surface area contributed by atoms with Crippen molar-refractivity contribution >= 4 is 11.6 Å². The molecule has 0 aliphatic heterocycles. The van der Waals surface area contributed by atoms with Gasteiger partial charge in [0.2, 0.25) is 0 Å². The third-order valence-corrected chi connectivity index (χ3v) is 3.18. The molecule has 1 heterocycles. The molecule has 0 aliphatic rings. The zero-order chi connectivity index (χ0) is 15.1. The number of anilines is 2. The van der Waals surface area contributed by atoms with Gasteiger partial charge in [0.15, 0.2) is 0 Å². The highest BCUT2D eigenvalue weighted by Gasteiger charge is 2.14. The van der Waals surface area contributed by atoms with Crippen molar-refractivity contribution in [2.75, 3.05) is 30.4 Å². The summed E-state index contributed by atoms with van der Waals surface area (Å²) in [5, 5.41) is 3.43. The number of aryl methyl sites for hydroxylation is 1. The number of aromatic nitrogens is 2. The van der Waals surface area contributed by atoms with Crippen molar-refractivity contribution in [3.05, 3.63) is 11.4 Å². The van der Waals surface area contributed by atoms with Crippen LogP contribution in [0.25, 0.3) is 0 Å². The van der Waals surface area contributed by atoms with Gasteiger partial charge in [-0.25, -0.2) is 9.97 Å². The van der Waals surface area contributed by atoms with E-state index in [0.29, 0.717) is 5.92 Å². The minimum absolute atomic E-state index is 0.621.